The van der Waals surface area contributed by atoms with E-state index in [0.717, 1.165) is 30.0 Å². The van der Waals surface area contributed by atoms with Gasteiger partial charge in [0.1, 0.15) is 11.5 Å². The molecule has 100 valence electrons. The van der Waals surface area contributed by atoms with Gasteiger partial charge in [0.15, 0.2) is 0 Å². The fraction of sp³-hybridized carbons (Fsp3) is 0.533. The number of nitrogens with one attached hydrogen (secondary N) is 1. The lowest BCUT2D eigenvalue weighted by Crippen LogP contribution is -2.27. The maximum absolute atomic E-state index is 12.1. The average Bonchev–Trinajstić information content (AvgIpc) is 2.36. The topological polar surface area (TPSA) is 38.3 Å². The van der Waals surface area contributed by atoms with E-state index in [0.29, 0.717) is 6.42 Å². The highest BCUT2D eigenvalue weighted by molar-refractivity contribution is 5.83. The van der Waals surface area contributed by atoms with Gasteiger partial charge in [-0.3, -0.25) is 4.79 Å². The Kier molecular flexibility index (Phi) is 5.86. The zero-order valence-electron chi connectivity index (χ0n) is 11.7. The van der Waals surface area contributed by atoms with E-state index in [-0.39, 0.29) is 11.7 Å². The van der Waals surface area contributed by atoms with Crippen molar-refractivity contribution in [1.29, 1.82) is 0 Å². The van der Waals surface area contributed by atoms with E-state index in [1.54, 1.807) is 7.11 Å². The number of benzene rings is 1. The molecule has 0 aliphatic rings. The quantitative estimate of drug-likeness (QED) is 0.806. The summed E-state index contributed by atoms with van der Waals surface area (Å²) in [4.78, 5) is 12.1. The first kappa shape index (κ1) is 14.7. The Bertz CT molecular complexity index is 401. The number of hydrogen-bond acceptors (Lipinski definition) is 3. The van der Waals surface area contributed by atoms with Crippen LogP contribution in [0.3, 0.4) is 0 Å². The van der Waals surface area contributed by atoms with Crippen molar-refractivity contribution in [3.8, 4) is 5.75 Å². The lowest BCUT2D eigenvalue weighted by atomic mass is 9.97. The van der Waals surface area contributed by atoms with Gasteiger partial charge in [0, 0.05) is 24.4 Å². The fourth-order valence-electron chi connectivity index (χ4n) is 1.88. The van der Waals surface area contributed by atoms with Gasteiger partial charge in [-0.25, -0.2) is 0 Å². The third-order valence-corrected chi connectivity index (χ3v) is 3.05. The maximum atomic E-state index is 12.1. The highest BCUT2D eigenvalue weighted by Crippen LogP contribution is 2.21. The summed E-state index contributed by atoms with van der Waals surface area (Å²) in [7, 11) is 1.64. The molecule has 1 atom stereocenters. The Balaban J connectivity index is 2.71. The molecule has 0 spiro atoms. The number of carbonyl (C=O) groups excluding carboxylic acids is 1. The van der Waals surface area contributed by atoms with Crippen LogP contribution in [0.5, 0.6) is 5.75 Å². The summed E-state index contributed by atoms with van der Waals surface area (Å²) < 4.78 is 5.29. The molecule has 0 aliphatic heterocycles. The molecule has 0 saturated carbocycles. The zero-order valence-corrected chi connectivity index (χ0v) is 11.7. The molecule has 0 radical (unpaired) electrons. The summed E-state index contributed by atoms with van der Waals surface area (Å²) in [6.45, 7) is 7.67. The van der Waals surface area contributed by atoms with Crippen molar-refractivity contribution in [3.63, 3.8) is 0 Å². The number of aryl methyl sites for hydroxylation is 1. The molecule has 0 heterocycles. The number of methoxy groups -OCH3 is 1. The highest BCUT2D eigenvalue weighted by Gasteiger charge is 2.15. The molecule has 1 N–H and O–H groups in total. The Labute approximate surface area is 110 Å². The van der Waals surface area contributed by atoms with Crippen LogP contribution < -0.4 is 10.1 Å². The summed E-state index contributed by atoms with van der Waals surface area (Å²) in [6.07, 6.45) is 0.442. The normalized spacial score (nSPS) is 12.2. The summed E-state index contributed by atoms with van der Waals surface area (Å²) in [5.41, 5.74) is 2.13. The van der Waals surface area contributed by atoms with Crippen LogP contribution in [0.25, 0.3) is 0 Å². The van der Waals surface area contributed by atoms with Crippen molar-refractivity contribution in [1.82, 2.24) is 5.32 Å². The van der Waals surface area contributed by atoms with E-state index in [1.165, 1.54) is 0 Å². The SMILES string of the molecule is CCNCC(C)C(=O)Cc1cc(C)ccc1OC. The number of carbonyl (C=O) groups is 1. The molecule has 0 amide bonds. The minimum Gasteiger partial charge on any atom is -0.496 e. The van der Waals surface area contributed by atoms with Gasteiger partial charge in [-0.05, 0) is 19.5 Å². The zero-order chi connectivity index (χ0) is 13.5. The molecular formula is C15H23NO2. The molecule has 0 saturated heterocycles. The van der Waals surface area contributed by atoms with Crippen molar-refractivity contribution in [2.75, 3.05) is 20.2 Å². The lowest BCUT2D eigenvalue weighted by Gasteiger charge is -2.13. The first-order chi connectivity index (χ1) is 8.58. The van der Waals surface area contributed by atoms with Gasteiger partial charge in [0.2, 0.25) is 0 Å². The molecular weight excluding hydrogens is 226 g/mol. The van der Waals surface area contributed by atoms with E-state index < -0.39 is 0 Å². The van der Waals surface area contributed by atoms with Gasteiger partial charge >= 0.3 is 0 Å². The van der Waals surface area contributed by atoms with Crippen molar-refractivity contribution in [2.45, 2.75) is 27.2 Å². The van der Waals surface area contributed by atoms with Crippen LogP contribution in [0.1, 0.15) is 25.0 Å². The van der Waals surface area contributed by atoms with E-state index in [1.807, 2.05) is 39.0 Å². The molecule has 1 aromatic rings. The maximum Gasteiger partial charge on any atom is 0.141 e. The molecule has 0 fully saturated rings. The largest absolute Gasteiger partial charge is 0.496 e. The molecule has 0 aliphatic carbocycles. The standard InChI is InChI=1S/C15H23NO2/c1-5-16-10-12(3)14(17)9-13-8-11(2)6-7-15(13)18-4/h6-8,12,16H,5,9-10H2,1-4H3. The van der Waals surface area contributed by atoms with Gasteiger partial charge < -0.3 is 10.1 Å². The molecule has 3 nitrogen and oxygen atoms in total. The molecule has 1 aromatic carbocycles. The molecule has 1 rings (SSSR count). The minimum absolute atomic E-state index is 0.0372. The van der Waals surface area contributed by atoms with E-state index in [9.17, 15) is 4.79 Å². The Morgan fingerprint density at radius 1 is 1.44 bits per heavy atom. The van der Waals surface area contributed by atoms with E-state index in [4.69, 9.17) is 4.74 Å². The van der Waals surface area contributed by atoms with Gasteiger partial charge in [0.05, 0.1) is 7.11 Å². The van der Waals surface area contributed by atoms with Crippen molar-refractivity contribution in [2.24, 2.45) is 5.92 Å². The van der Waals surface area contributed by atoms with Gasteiger partial charge in [-0.1, -0.05) is 31.5 Å². The van der Waals surface area contributed by atoms with Gasteiger partial charge in [0.25, 0.3) is 0 Å². The van der Waals surface area contributed by atoms with Crippen molar-refractivity contribution >= 4 is 5.78 Å². The lowest BCUT2D eigenvalue weighted by molar-refractivity contribution is -0.121. The highest BCUT2D eigenvalue weighted by atomic mass is 16.5. The Hall–Kier alpha value is -1.35. The molecule has 1 unspecified atom stereocenters. The predicted octanol–water partition coefficient (Wildman–Crippen LogP) is 2.36. The Morgan fingerprint density at radius 3 is 2.78 bits per heavy atom. The second kappa shape index (κ2) is 7.17. The van der Waals surface area contributed by atoms with Gasteiger partial charge in [-0.2, -0.15) is 0 Å². The summed E-state index contributed by atoms with van der Waals surface area (Å²) in [6, 6.07) is 5.94. The first-order valence-corrected chi connectivity index (χ1v) is 6.45. The number of ketones is 1. The smallest absolute Gasteiger partial charge is 0.141 e. The fourth-order valence-corrected chi connectivity index (χ4v) is 1.88. The molecule has 18 heavy (non-hydrogen) atoms. The number of rotatable bonds is 7. The van der Waals surface area contributed by atoms with Crippen LogP contribution in [0.15, 0.2) is 18.2 Å². The second-order valence-electron chi connectivity index (χ2n) is 4.67. The average molecular weight is 249 g/mol. The third kappa shape index (κ3) is 4.15. The monoisotopic (exact) mass is 249 g/mol. The minimum atomic E-state index is 0.0372. The second-order valence-corrected chi connectivity index (χ2v) is 4.67. The van der Waals surface area contributed by atoms with Crippen molar-refractivity contribution in [3.05, 3.63) is 29.3 Å². The van der Waals surface area contributed by atoms with Crippen LogP contribution in [-0.2, 0) is 11.2 Å². The molecule has 0 aromatic heterocycles. The first-order valence-electron chi connectivity index (χ1n) is 6.45. The van der Waals surface area contributed by atoms with Crippen LogP contribution >= 0.6 is 0 Å². The number of hydrogen-bond donors (Lipinski definition) is 1. The number of Topliss-reactive ketones (excluding diaryl/α,β-unsaturated/α-hetero) is 1. The summed E-state index contributed by atoms with van der Waals surface area (Å²) >= 11 is 0. The van der Waals surface area contributed by atoms with E-state index >= 15 is 0 Å². The number of ether oxygens (including phenoxy) is 1. The van der Waals surface area contributed by atoms with Crippen LogP contribution in [0.4, 0.5) is 0 Å². The van der Waals surface area contributed by atoms with E-state index in [2.05, 4.69) is 5.32 Å². The summed E-state index contributed by atoms with van der Waals surface area (Å²) in [5, 5.41) is 3.20. The van der Waals surface area contributed by atoms with Crippen LogP contribution in [0, 0.1) is 12.8 Å². The van der Waals surface area contributed by atoms with Crippen LogP contribution in [0.2, 0.25) is 0 Å². The van der Waals surface area contributed by atoms with Gasteiger partial charge in [-0.15, -0.1) is 0 Å². The van der Waals surface area contributed by atoms with Crippen molar-refractivity contribution < 1.29 is 9.53 Å². The summed E-state index contributed by atoms with van der Waals surface area (Å²) in [5.74, 6) is 1.08. The molecule has 3 heteroatoms. The molecule has 0 bridgehead atoms. The predicted molar refractivity (Wildman–Crippen MR) is 74.1 cm³/mol. The third-order valence-electron chi connectivity index (χ3n) is 3.05. The van der Waals surface area contributed by atoms with Crippen LogP contribution in [-0.4, -0.2) is 26.0 Å². The Morgan fingerprint density at radius 2 is 2.17 bits per heavy atom.